The summed E-state index contributed by atoms with van der Waals surface area (Å²) in [6.07, 6.45) is 0.334. The van der Waals surface area contributed by atoms with Crippen LogP contribution in [0.15, 0.2) is 24.3 Å². The third kappa shape index (κ3) is 4.24. The van der Waals surface area contributed by atoms with E-state index in [2.05, 4.69) is 5.32 Å². The number of para-hydroxylation sites is 1. The fourth-order valence-electron chi connectivity index (χ4n) is 1.32. The van der Waals surface area contributed by atoms with Gasteiger partial charge in [0, 0.05) is 13.0 Å². The summed E-state index contributed by atoms with van der Waals surface area (Å²) in [7, 11) is 3.75. The molecule has 5 nitrogen and oxygen atoms in total. The summed E-state index contributed by atoms with van der Waals surface area (Å²) in [5.74, 6) is -1.24. The highest BCUT2D eigenvalue weighted by Gasteiger charge is 2.11. The molecule has 1 aromatic rings. The Hall–Kier alpha value is -1.88. The molecule has 0 spiro atoms. The Morgan fingerprint density at radius 2 is 1.94 bits per heavy atom. The van der Waals surface area contributed by atoms with Gasteiger partial charge < -0.3 is 15.3 Å². The minimum Gasteiger partial charge on any atom is -0.478 e. The predicted molar refractivity (Wildman–Crippen MR) is 65.2 cm³/mol. The maximum Gasteiger partial charge on any atom is 0.337 e. The first kappa shape index (κ1) is 13.2. The normalized spacial score (nSPS) is 10.3. The van der Waals surface area contributed by atoms with Gasteiger partial charge in [0.05, 0.1) is 11.3 Å². The molecule has 0 fully saturated rings. The van der Waals surface area contributed by atoms with Crippen LogP contribution in [0.1, 0.15) is 16.8 Å². The van der Waals surface area contributed by atoms with E-state index in [4.69, 9.17) is 5.11 Å². The van der Waals surface area contributed by atoms with Gasteiger partial charge >= 0.3 is 5.97 Å². The predicted octanol–water partition coefficient (Wildman–Crippen LogP) is 1.27. The van der Waals surface area contributed by atoms with E-state index < -0.39 is 5.97 Å². The van der Waals surface area contributed by atoms with E-state index in [-0.39, 0.29) is 11.5 Å². The minimum absolute atomic E-state index is 0.103. The fraction of sp³-hybridized carbons (Fsp3) is 0.333. The highest BCUT2D eigenvalue weighted by molar-refractivity contribution is 6.00. The Balaban J connectivity index is 2.68. The largest absolute Gasteiger partial charge is 0.478 e. The van der Waals surface area contributed by atoms with E-state index in [9.17, 15) is 9.59 Å². The van der Waals surface area contributed by atoms with Crippen molar-refractivity contribution >= 4 is 17.6 Å². The molecule has 1 aromatic carbocycles. The summed E-state index contributed by atoms with van der Waals surface area (Å²) in [5.41, 5.74) is 0.439. The van der Waals surface area contributed by atoms with E-state index in [1.54, 1.807) is 18.2 Å². The lowest BCUT2D eigenvalue weighted by Gasteiger charge is -2.11. The van der Waals surface area contributed by atoms with Crippen LogP contribution in [0.2, 0.25) is 0 Å². The second kappa shape index (κ2) is 6.00. The average Bonchev–Trinajstić information content (AvgIpc) is 2.27. The smallest absolute Gasteiger partial charge is 0.337 e. The molecule has 0 aliphatic heterocycles. The molecular formula is C12H16N2O3. The second-order valence-corrected chi connectivity index (χ2v) is 3.95. The number of rotatable bonds is 5. The zero-order chi connectivity index (χ0) is 12.8. The lowest BCUT2D eigenvalue weighted by atomic mass is 10.2. The Kier molecular flexibility index (Phi) is 4.66. The van der Waals surface area contributed by atoms with Crippen LogP contribution in [0.4, 0.5) is 5.69 Å². The first-order valence-electron chi connectivity index (χ1n) is 5.27. The number of amides is 1. The first-order chi connectivity index (χ1) is 8.00. The number of aromatic carboxylic acids is 1. The van der Waals surface area contributed by atoms with Gasteiger partial charge in [0.2, 0.25) is 5.91 Å². The number of carboxylic acid groups (broad SMARTS) is 1. The van der Waals surface area contributed by atoms with Crippen LogP contribution in [0.25, 0.3) is 0 Å². The van der Waals surface area contributed by atoms with Crippen molar-refractivity contribution in [2.24, 2.45) is 0 Å². The Morgan fingerprint density at radius 1 is 1.29 bits per heavy atom. The maximum atomic E-state index is 11.6. The molecule has 0 aliphatic carbocycles. The molecule has 1 rings (SSSR count). The van der Waals surface area contributed by atoms with Crippen molar-refractivity contribution in [3.05, 3.63) is 29.8 Å². The van der Waals surface area contributed by atoms with Crippen LogP contribution in [0.5, 0.6) is 0 Å². The molecule has 0 atom stereocenters. The van der Waals surface area contributed by atoms with Gasteiger partial charge in [-0.3, -0.25) is 4.79 Å². The third-order valence-corrected chi connectivity index (χ3v) is 2.22. The summed E-state index contributed by atoms with van der Waals surface area (Å²) >= 11 is 0. The van der Waals surface area contributed by atoms with Crippen molar-refractivity contribution in [1.82, 2.24) is 4.90 Å². The van der Waals surface area contributed by atoms with Crippen LogP contribution in [-0.2, 0) is 4.79 Å². The number of nitrogens with zero attached hydrogens (tertiary/aromatic N) is 1. The van der Waals surface area contributed by atoms with Gasteiger partial charge in [0.25, 0.3) is 0 Å². The van der Waals surface area contributed by atoms with Gasteiger partial charge in [0.1, 0.15) is 0 Å². The van der Waals surface area contributed by atoms with Crippen LogP contribution < -0.4 is 5.32 Å². The number of carbonyl (C=O) groups is 2. The summed E-state index contributed by atoms with van der Waals surface area (Å²) in [4.78, 5) is 24.4. The summed E-state index contributed by atoms with van der Waals surface area (Å²) in [6, 6.07) is 6.35. The third-order valence-electron chi connectivity index (χ3n) is 2.22. The topological polar surface area (TPSA) is 69.6 Å². The van der Waals surface area contributed by atoms with Crippen molar-refractivity contribution in [1.29, 1.82) is 0 Å². The maximum absolute atomic E-state index is 11.6. The molecule has 0 bridgehead atoms. The summed E-state index contributed by atoms with van der Waals surface area (Å²) in [6.45, 7) is 0.626. The standard InChI is InChI=1S/C12H16N2O3/c1-14(2)8-7-11(15)13-10-6-4-3-5-9(10)12(16)17/h3-6H,7-8H2,1-2H3,(H,13,15)(H,16,17). The number of carbonyl (C=O) groups excluding carboxylic acids is 1. The molecule has 0 aromatic heterocycles. The molecule has 92 valence electrons. The van der Waals surface area contributed by atoms with Crippen LogP contribution in [0.3, 0.4) is 0 Å². The number of hydrogen-bond acceptors (Lipinski definition) is 3. The van der Waals surface area contributed by atoms with Crippen molar-refractivity contribution in [3.8, 4) is 0 Å². The average molecular weight is 236 g/mol. The van der Waals surface area contributed by atoms with E-state index >= 15 is 0 Å². The fourth-order valence-corrected chi connectivity index (χ4v) is 1.32. The van der Waals surface area contributed by atoms with Gasteiger partial charge in [-0.05, 0) is 26.2 Å². The molecule has 1 amide bonds. The molecular weight excluding hydrogens is 220 g/mol. The molecule has 0 saturated heterocycles. The summed E-state index contributed by atoms with van der Waals surface area (Å²) in [5, 5.41) is 11.5. The van der Waals surface area contributed by atoms with Gasteiger partial charge in [-0.25, -0.2) is 4.79 Å². The summed E-state index contributed by atoms with van der Waals surface area (Å²) < 4.78 is 0. The molecule has 0 radical (unpaired) electrons. The van der Waals surface area contributed by atoms with E-state index in [0.717, 1.165) is 0 Å². The SMILES string of the molecule is CN(C)CCC(=O)Nc1ccccc1C(=O)O. The molecule has 0 heterocycles. The van der Waals surface area contributed by atoms with Crippen molar-refractivity contribution in [2.45, 2.75) is 6.42 Å². The highest BCUT2D eigenvalue weighted by atomic mass is 16.4. The van der Waals surface area contributed by atoms with Crippen molar-refractivity contribution in [2.75, 3.05) is 26.0 Å². The van der Waals surface area contributed by atoms with Crippen molar-refractivity contribution < 1.29 is 14.7 Å². The Labute approximate surface area is 100 Å². The van der Waals surface area contributed by atoms with E-state index in [1.807, 2.05) is 19.0 Å². The van der Waals surface area contributed by atoms with Gasteiger partial charge in [-0.2, -0.15) is 0 Å². The number of nitrogens with one attached hydrogen (secondary N) is 1. The molecule has 0 saturated carbocycles. The molecule has 5 heteroatoms. The second-order valence-electron chi connectivity index (χ2n) is 3.95. The van der Waals surface area contributed by atoms with Gasteiger partial charge in [-0.1, -0.05) is 12.1 Å². The minimum atomic E-state index is -1.05. The Morgan fingerprint density at radius 3 is 2.53 bits per heavy atom. The van der Waals surface area contributed by atoms with Gasteiger partial charge in [-0.15, -0.1) is 0 Å². The number of anilines is 1. The van der Waals surface area contributed by atoms with E-state index in [0.29, 0.717) is 18.7 Å². The highest BCUT2D eigenvalue weighted by Crippen LogP contribution is 2.14. The first-order valence-corrected chi connectivity index (χ1v) is 5.27. The quantitative estimate of drug-likeness (QED) is 0.807. The molecule has 0 aliphatic rings. The monoisotopic (exact) mass is 236 g/mol. The number of benzene rings is 1. The zero-order valence-corrected chi connectivity index (χ0v) is 9.93. The Bertz CT molecular complexity index is 416. The van der Waals surface area contributed by atoms with Crippen LogP contribution >= 0.6 is 0 Å². The van der Waals surface area contributed by atoms with Crippen molar-refractivity contribution in [3.63, 3.8) is 0 Å². The number of hydrogen-bond donors (Lipinski definition) is 2. The zero-order valence-electron chi connectivity index (χ0n) is 9.93. The number of carboxylic acids is 1. The van der Waals surface area contributed by atoms with E-state index in [1.165, 1.54) is 6.07 Å². The molecule has 0 unspecified atom stereocenters. The molecule has 2 N–H and O–H groups in total. The van der Waals surface area contributed by atoms with Crippen LogP contribution in [-0.4, -0.2) is 42.5 Å². The van der Waals surface area contributed by atoms with Crippen LogP contribution in [0, 0.1) is 0 Å². The molecule has 17 heavy (non-hydrogen) atoms. The lowest BCUT2D eigenvalue weighted by Crippen LogP contribution is -2.21. The lowest BCUT2D eigenvalue weighted by molar-refractivity contribution is -0.116. The van der Waals surface area contributed by atoms with Gasteiger partial charge in [0.15, 0.2) is 0 Å².